The lowest BCUT2D eigenvalue weighted by Crippen LogP contribution is -2.57. The Labute approximate surface area is 160 Å². The van der Waals surface area contributed by atoms with E-state index < -0.39 is 53.8 Å². The van der Waals surface area contributed by atoms with Crippen molar-refractivity contribution >= 4 is 54.9 Å². The van der Waals surface area contributed by atoms with E-state index in [1.165, 1.54) is 6.92 Å². The first-order valence-corrected chi connectivity index (χ1v) is 8.69. The highest BCUT2D eigenvalue weighted by molar-refractivity contribution is 7.80. The summed E-state index contributed by atoms with van der Waals surface area (Å²) in [7, 11) is 0. The predicted molar refractivity (Wildman–Crippen MR) is 98.6 cm³/mol. The average Bonchev–Trinajstić information content (AvgIpc) is 2.55. The van der Waals surface area contributed by atoms with E-state index in [2.05, 4.69) is 41.2 Å². The van der Waals surface area contributed by atoms with Gasteiger partial charge in [0.05, 0.1) is 12.5 Å². The zero-order valence-electron chi connectivity index (χ0n) is 14.0. The third-order valence-electron chi connectivity index (χ3n) is 3.12. The Balaban J connectivity index is 4.73. The maximum atomic E-state index is 12.1. The molecule has 0 rings (SSSR count). The smallest absolute Gasteiger partial charge is 0.327 e. The molecule has 0 aromatic heterocycles. The van der Waals surface area contributed by atoms with Crippen LogP contribution in [-0.2, 0) is 24.0 Å². The van der Waals surface area contributed by atoms with Crippen molar-refractivity contribution in [1.82, 2.24) is 16.0 Å². The Morgan fingerprint density at radius 1 is 0.923 bits per heavy atom. The third-order valence-corrected chi connectivity index (χ3v) is 3.85. The summed E-state index contributed by atoms with van der Waals surface area (Å²) in [5.41, 5.74) is 10.4. The first-order valence-electron chi connectivity index (χ1n) is 7.43. The van der Waals surface area contributed by atoms with Crippen LogP contribution in [0.25, 0.3) is 0 Å². The van der Waals surface area contributed by atoms with Crippen molar-refractivity contribution < 1.29 is 29.1 Å². The zero-order valence-corrected chi connectivity index (χ0v) is 15.8. The second kappa shape index (κ2) is 11.6. The number of hydrogen-bond acceptors (Lipinski definition) is 8. The lowest BCUT2D eigenvalue weighted by molar-refractivity contribution is -0.141. The van der Waals surface area contributed by atoms with Crippen LogP contribution in [0.15, 0.2) is 0 Å². The minimum absolute atomic E-state index is 0.113. The highest BCUT2D eigenvalue weighted by Crippen LogP contribution is 1.96. The molecule has 0 saturated heterocycles. The van der Waals surface area contributed by atoms with Crippen LogP contribution in [0.5, 0.6) is 0 Å². The Hall–Kier alpha value is -1.99. The Morgan fingerprint density at radius 3 is 1.85 bits per heavy atom. The molecular formula is C13H23N5O6S2. The maximum Gasteiger partial charge on any atom is 0.327 e. The fourth-order valence-corrected chi connectivity index (χ4v) is 2.15. The molecule has 11 nitrogen and oxygen atoms in total. The minimum Gasteiger partial charge on any atom is -0.480 e. The fourth-order valence-electron chi connectivity index (χ4n) is 1.64. The van der Waals surface area contributed by atoms with Gasteiger partial charge in [-0.15, -0.1) is 0 Å². The van der Waals surface area contributed by atoms with Gasteiger partial charge in [0.15, 0.2) is 0 Å². The predicted octanol–water partition coefficient (Wildman–Crippen LogP) is -3.39. The number of carboxylic acid groups (broad SMARTS) is 1. The van der Waals surface area contributed by atoms with Crippen molar-refractivity contribution in [2.75, 3.05) is 11.5 Å². The number of rotatable bonds is 11. The molecule has 0 radical (unpaired) electrons. The summed E-state index contributed by atoms with van der Waals surface area (Å²) >= 11 is 7.76. The van der Waals surface area contributed by atoms with Gasteiger partial charge in [-0.1, -0.05) is 0 Å². The van der Waals surface area contributed by atoms with Crippen LogP contribution in [0, 0.1) is 0 Å². The Morgan fingerprint density at radius 2 is 1.42 bits per heavy atom. The van der Waals surface area contributed by atoms with E-state index in [1.54, 1.807) is 0 Å². The van der Waals surface area contributed by atoms with Gasteiger partial charge < -0.3 is 32.5 Å². The molecule has 0 aliphatic rings. The molecular weight excluding hydrogens is 386 g/mol. The van der Waals surface area contributed by atoms with Crippen molar-refractivity contribution in [3.05, 3.63) is 0 Å². The van der Waals surface area contributed by atoms with Crippen molar-refractivity contribution in [1.29, 1.82) is 0 Å². The molecule has 0 spiro atoms. The van der Waals surface area contributed by atoms with Gasteiger partial charge in [0, 0.05) is 11.5 Å². The number of nitrogens with two attached hydrogens (primary N) is 2. The van der Waals surface area contributed by atoms with Crippen molar-refractivity contribution in [3.8, 4) is 0 Å². The second-order valence-corrected chi connectivity index (χ2v) is 6.06. The summed E-state index contributed by atoms with van der Waals surface area (Å²) in [5, 5.41) is 15.7. The quantitative estimate of drug-likeness (QED) is 0.163. The summed E-state index contributed by atoms with van der Waals surface area (Å²) in [6, 6.07) is -4.64. The molecule has 8 N–H and O–H groups in total. The summed E-state index contributed by atoms with van der Waals surface area (Å²) in [6.45, 7) is 1.34. The fraction of sp³-hybridized carbons (Fsp3) is 0.615. The van der Waals surface area contributed by atoms with Crippen LogP contribution < -0.4 is 27.4 Å². The Kier molecular flexibility index (Phi) is 10.7. The van der Waals surface area contributed by atoms with Gasteiger partial charge in [0.25, 0.3) is 0 Å². The molecule has 0 aliphatic carbocycles. The standard InChI is InChI=1S/C13H23N5O6S2/c1-5(16-11(21)6(14)2-9(15)19)10(20)17-7(3-25)12(22)18-8(4-26)13(23)24/h5-8,25-26H,2-4,14H2,1H3,(H2,15,19)(H,16,21)(H,17,20)(H,18,22)(H,23,24). The molecule has 13 heteroatoms. The summed E-state index contributed by atoms with van der Waals surface area (Å²) < 4.78 is 0. The molecule has 0 heterocycles. The molecule has 4 amide bonds. The molecule has 26 heavy (non-hydrogen) atoms. The van der Waals surface area contributed by atoms with Crippen LogP contribution >= 0.6 is 25.3 Å². The van der Waals surface area contributed by atoms with Crippen LogP contribution in [-0.4, -0.2) is 70.4 Å². The molecule has 0 fully saturated rings. The number of nitrogens with one attached hydrogen (secondary N) is 3. The monoisotopic (exact) mass is 409 g/mol. The minimum atomic E-state index is -1.28. The maximum absolute atomic E-state index is 12.1. The van der Waals surface area contributed by atoms with Crippen molar-refractivity contribution in [2.24, 2.45) is 11.5 Å². The van der Waals surface area contributed by atoms with E-state index in [4.69, 9.17) is 16.6 Å². The van der Waals surface area contributed by atoms with Gasteiger partial charge in [-0.2, -0.15) is 25.3 Å². The molecule has 0 aromatic carbocycles. The topological polar surface area (TPSA) is 194 Å². The van der Waals surface area contributed by atoms with Crippen LogP contribution in [0.3, 0.4) is 0 Å². The van der Waals surface area contributed by atoms with Gasteiger partial charge in [-0.3, -0.25) is 19.2 Å². The molecule has 4 atom stereocenters. The lowest BCUT2D eigenvalue weighted by Gasteiger charge is -2.22. The van der Waals surface area contributed by atoms with E-state index in [-0.39, 0.29) is 17.9 Å². The number of carboxylic acids is 1. The van der Waals surface area contributed by atoms with E-state index >= 15 is 0 Å². The second-order valence-electron chi connectivity index (χ2n) is 5.33. The molecule has 0 aromatic rings. The van der Waals surface area contributed by atoms with E-state index in [9.17, 15) is 24.0 Å². The largest absolute Gasteiger partial charge is 0.480 e. The number of primary amides is 1. The summed E-state index contributed by atoms with van der Waals surface area (Å²) in [5.74, 6) is -4.55. The number of hydrogen-bond donors (Lipinski definition) is 8. The SMILES string of the molecule is CC(NC(=O)C(N)CC(N)=O)C(=O)NC(CS)C(=O)NC(CS)C(=O)O. The Bertz CT molecular complexity index is 561. The average molecular weight is 409 g/mol. The van der Waals surface area contributed by atoms with Gasteiger partial charge in [-0.05, 0) is 6.92 Å². The highest BCUT2D eigenvalue weighted by Gasteiger charge is 2.27. The van der Waals surface area contributed by atoms with Gasteiger partial charge in [-0.25, -0.2) is 4.79 Å². The number of thiol groups is 2. The number of carbonyl (C=O) groups is 5. The third kappa shape index (κ3) is 8.40. The first kappa shape index (κ1) is 24.0. The number of aliphatic carboxylic acids is 1. The van der Waals surface area contributed by atoms with Crippen LogP contribution in [0.2, 0.25) is 0 Å². The molecule has 0 aliphatic heterocycles. The van der Waals surface area contributed by atoms with Crippen LogP contribution in [0.1, 0.15) is 13.3 Å². The lowest BCUT2D eigenvalue weighted by atomic mass is 10.1. The summed E-state index contributed by atoms with van der Waals surface area (Å²) in [6.07, 6.45) is -0.387. The van der Waals surface area contributed by atoms with E-state index in [1.807, 2.05) is 0 Å². The molecule has 4 unspecified atom stereocenters. The van der Waals surface area contributed by atoms with Gasteiger partial charge >= 0.3 is 5.97 Å². The van der Waals surface area contributed by atoms with Gasteiger partial charge in [0.2, 0.25) is 23.6 Å². The molecule has 148 valence electrons. The summed E-state index contributed by atoms with van der Waals surface area (Å²) in [4.78, 5) is 57.5. The van der Waals surface area contributed by atoms with Crippen molar-refractivity contribution in [2.45, 2.75) is 37.5 Å². The molecule has 0 bridgehead atoms. The zero-order chi connectivity index (χ0) is 20.4. The normalized spacial score (nSPS) is 15.1. The molecule has 0 saturated carbocycles. The van der Waals surface area contributed by atoms with Crippen LogP contribution in [0.4, 0.5) is 0 Å². The number of carbonyl (C=O) groups excluding carboxylic acids is 4. The number of amides is 4. The van der Waals surface area contributed by atoms with Gasteiger partial charge in [0.1, 0.15) is 18.1 Å². The van der Waals surface area contributed by atoms with E-state index in [0.29, 0.717) is 0 Å². The highest BCUT2D eigenvalue weighted by atomic mass is 32.1. The van der Waals surface area contributed by atoms with Crippen molar-refractivity contribution in [3.63, 3.8) is 0 Å². The van der Waals surface area contributed by atoms with E-state index in [0.717, 1.165) is 0 Å². The first-order chi connectivity index (χ1) is 12.0.